The molecular formula is C16H22N2O2. The lowest BCUT2D eigenvalue weighted by atomic mass is 9.82. The van der Waals surface area contributed by atoms with Crippen molar-refractivity contribution in [2.75, 3.05) is 11.9 Å². The molecule has 1 aliphatic heterocycles. The molecule has 0 saturated heterocycles. The van der Waals surface area contributed by atoms with Gasteiger partial charge in [0.2, 0.25) is 5.91 Å². The van der Waals surface area contributed by atoms with Gasteiger partial charge in [-0.15, -0.1) is 0 Å². The molecule has 0 saturated carbocycles. The summed E-state index contributed by atoms with van der Waals surface area (Å²) in [5.41, 5.74) is 2.47. The van der Waals surface area contributed by atoms with Gasteiger partial charge in [0.1, 0.15) is 0 Å². The highest BCUT2D eigenvalue weighted by Gasteiger charge is 2.22. The van der Waals surface area contributed by atoms with E-state index in [1.54, 1.807) is 12.1 Å². The summed E-state index contributed by atoms with van der Waals surface area (Å²) in [4.78, 5) is 23.4. The maximum Gasteiger partial charge on any atom is 0.251 e. The molecule has 1 unspecified atom stereocenters. The molecule has 4 heteroatoms. The van der Waals surface area contributed by atoms with Crippen LogP contribution < -0.4 is 10.6 Å². The standard InChI is InChI=1S/C16H22N2O2/c1-10(16(2,3)4)9-17-15(20)12-6-5-11-8-14(19)18-13(11)7-12/h5-7,10H,8-9H2,1-4H3,(H,17,20)(H,18,19). The topological polar surface area (TPSA) is 58.2 Å². The molecule has 0 spiro atoms. The molecule has 1 heterocycles. The summed E-state index contributed by atoms with van der Waals surface area (Å²) in [5.74, 6) is 0.282. The number of hydrogen-bond donors (Lipinski definition) is 2. The quantitative estimate of drug-likeness (QED) is 0.890. The van der Waals surface area contributed by atoms with E-state index in [0.717, 1.165) is 11.3 Å². The largest absolute Gasteiger partial charge is 0.352 e. The molecule has 20 heavy (non-hydrogen) atoms. The second kappa shape index (κ2) is 5.27. The molecule has 108 valence electrons. The number of rotatable bonds is 3. The molecule has 2 N–H and O–H groups in total. The van der Waals surface area contributed by atoms with E-state index < -0.39 is 0 Å². The number of nitrogens with one attached hydrogen (secondary N) is 2. The third kappa shape index (κ3) is 3.18. The number of carbonyl (C=O) groups excluding carboxylic acids is 2. The summed E-state index contributed by atoms with van der Waals surface area (Å²) in [6.07, 6.45) is 0.401. The molecule has 0 bridgehead atoms. The van der Waals surface area contributed by atoms with Crippen molar-refractivity contribution in [3.8, 4) is 0 Å². The number of amides is 2. The highest BCUT2D eigenvalue weighted by atomic mass is 16.2. The minimum atomic E-state index is -0.0925. The van der Waals surface area contributed by atoms with Crippen molar-refractivity contribution >= 4 is 17.5 Å². The van der Waals surface area contributed by atoms with Crippen LogP contribution in [0.3, 0.4) is 0 Å². The Morgan fingerprint density at radius 1 is 1.40 bits per heavy atom. The summed E-state index contributed by atoms with van der Waals surface area (Å²) < 4.78 is 0. The lowest BCUT2D eigenvalue weighted by Gasteiger charge is -2.27. The predicted molar refractivity (Wildman–Crippen MR) is 79.7 cm³/mol. The van der Waals surface area contributed by atoms with Gasteiger partial charge in [-0.3, -0.25) is 9.59 Å². The van der Waals surface area contributed by atoms with E-state index in [2.05, 4.69) is 38.3 Å². The highest BCUT2D eigenvalue weighted by Crippen LogP contribution is 2.25. The zero-order valence-electron chi connectivity index (χ0n) is 12.5. The average molecular weight is 274 g/mol. The van der Waals surface area contributed by atoms with Gasteiger partial charge in [0.05, 0.1) is 6.42 Å². The zero-order chi connectivity index (χ0) is 14.9. The lowest BCUT2D eigenvalue weighted by molar-refractivity contribution is -0.115. The SMILES string of the molecule is CC(CNC(=O)c1ccc2c(c1)NC(=O)C2)C(C)(C)C. The van der Waals surface area contributed by atoms with Crippen molar-refractivity contribution in [2.45, 2.75) is 34.1 Å². The van der Waals surface area contributed by atoms with E-state index in [1.165, 1.54) is 0 Å². The van der Waals surface area contributed by atoms with Gasteiger partial charge >= 0.3 is 0 Å². The molecule has 1 atom stereocenters. The van der Waals surface area contributed by atoms with Crippen molar-refractivity contribution in [3.05, 3.63) is 29.3 Å². The lowest BCUT2D eigenvalue weighted by Crippen LogP contribution is -2.33. The molecule has 1 aromatic carbocycles. The van der Waals surface area contributed by atoms with E-state index in [1.807, 2.05) is 6.07 Å². The van der Waals surface area contributed by atoms with Crippen LogP contribution in [-0.4, -0.2) is 18.4 Å². The molecule has 2 rings (SSSR count). The Bertz CT molecular complexity index is 544. The van der Waals surface area contributed by atoms with Crippen molar-refractivity contribution < 1.29 is 9.59 Å². The van der Waals surface area contributed by atoms with Gasteiger partial charge in [-0.1, -0.05) is 33.8 Å². The summed E-state index contributed by atoms with van der Waals surface area (Å²) in [5, 5.41) is 5.72. The van der Waals surface area contributed by atoms with Crippen molar-refractivity contribution in [1.82, 2.24) is 5.32 Å². The highest BCUT2D eigenvalue weighted by molar-refractivity contribution is 6.02. The first kappa shape index (κ1) is 14.6. The van der Waals surface area contributed by atoms with Crippen LogP contribution in [0.5, 0.6) is 0 Å². The molecular weight excluding hydrogens is 252 g/mol. The maximum atomic E-state index is 12.1. The number of anilines is 1. The molecule has 0 aliphatic carbocycles. The Kier molecular flexibility index (Phi) is 3.84. The van der Waals surface area contributed by atoms with Crippen LogP contribution in [0.1, 0.15) is 43.6 Å². The molecule has 2 amide bonds. The molecule has 0 fully saturated rings. The Morgan fingerprint density at radius 3 is 2.75 bits per heavy atom. The Hall–Kier alpha value is -1.84. The van der Waals surface area contributed by atoms with E-state index in [-0.39, 0.29) is 17.2 Å². The zero-order valence-corrected chi connectivity index (χ0v) is 12.5. The average Bonchev–Trinajstić information content (AvgIpc) is 2.73. The third-order valence-electron chi connectivity index (χ3n) is 4.04. The van der Waals surface area contributed by atoms with Gasteiger partial charge in [-0.2, -0.15) is 0 Å². The fraction of sp³-hybridized carbons (Fsp3) is 0.500. The summed E-state index contributed by atoms with van der Waals surface area (Å²) in [7, 11) is 0. The van der Waals surface area contributed by atoms with E-state index in [4.69, 9.17) is 0 Å². The van der Waals surface area contributed by atoms with Gasteiger partial charge in [0, 0.05) is 17.8 Å². The first-order valence-electron chi connectivity index (χ1n) is 6.98. The molecule has 0 radical (unpaired) electrons. The summed E-state index contributed by atoms with van der Waals surface area (Å²) >= 11 is 0. The number of fused-ring (bicyclic) bond motifs is 1. The maximum absolute atomic E-state index is 12.1. The van der Waals surface area contributed by atoms with Gasteiger partial charge in [0.25, 0.3) is 5.91 Å². The number of benzene rings is 1. The fourth-order valence-corrected chi connectivity index (χ4v) is 2.01. The molecule has 4 nitrogen and oxygen atoms in total. The fourth-order valence-electron chi connectivity index (χ4n) is 2.01. The monoisotopic (exact) mass is 274 g/mol. The van der Waals surface area contributed by atoms with Crippen LogP contribution in [-0.2, 0) is 11.2 Å². The Morgan fingerprint density at radius 2 is 2.10 bits per heavy atom. The van der Waals surface area contributed by atoms with Crippen LogP contribution in [0.2, 0.25) is 0 Å². The minimum absolute atomic E-state index is 0.0149. The van der Waals surface area contributed by atoms with Crippen LogP contribution in [0.4, 0.5) is 5.69 Å². The van der Waals surface area contributed by atoms with Crippen molar-refractivity contribution in [1.29, 1.82) is 0 Å². The third-order valence-corrected chi connectivity index (χ3v) is 4.04. The Labute approximate surface area is 119 Å². The van der Waals surface area contributed by atoms with Crippen molar-refractivity contribution in [3.63, 3.8) is 0 Å². The molecule has 1 aromatic rings. The van der Waals surface area contributed by atoms with Crippen LogP contribution in [0.15, 0.2) is 18.2 Å². The second-order valence-electron chi connectivity index (χ2n) is 6.57. The summed E-state index contributed by atoms with van der Waals surface area (Å²) in [6, 6.07) is 5.36. The minimum Gasteiger partial charge on any atom is -0.352 e. The number of hydrogen-bond acceptors (Lipinski definition) is 2. The van der Waals surface area contributed by atoms with Crippen molar-refractivity contribution in [2.24, 2.45) is 11.3 Å². The molecule has 1 aliphatic rings. The number of carbonyl (C=O) groups is 2. The van der Waals surface area contributed by atoms with Gasteiger partial charge in [-0.05, 0) is 29.0 Å². The van der Waals surface area contributed by atoms with E-state index in [0.29, 0.717) is 24.4 Å². The predicted octanol–water partition coefficient (Wildman–Crippen LogP) is 2.59. The van der Waals surface area contributed by atoms with Crippen LogP contribution in [0, 0.1) is 11.3 Å². The smallest absolute Gasteiger partial charge is 0.251 e. The van der Waals surface area contributed by atoms with Gasteiger partial charge in [0.15, 0.2) is 0 Å². The van der Waals surface area contributed by atoms with Gasteiger partial charge < -0.3 is 10.6 Å². The van der Waals surface area contributed by atoms with E-state index >= 15 is 0 Å². The van der Waals surface area contributed by atoms with Crippen LogP contribution >= 0.6 is 0 Å². The molecule has 0 aromatic heterocycles. The van der Waals surface area contributed by atoms with Crippen LogP contribution in [0.25, 0.3) is 0 Å². The Balaban J connectivity index is 2.01. The second-order valence-corrected chi connectivity index (χ2v) is 6.57. The summed E-state index contributed by atoms with van der Waals surface area (Å²) in [6.45, 7) is 9.26. The normalized spacial score (nSPS) is 15.5. The first-order valence-corrected chi connectivity index (χ1v) is 6.98. The first-order chi connectivity index (χ1) is 9.27. The van der Waals surface area contributed by atoms with Gasteiger partial charge in [-0.25, -0.2) is 0 Å². The van der Waals surface area contributed by atoms with E-state index in [9.17, 15) is 9.59 Å².